The van der Waals surface area contributed by atoms with Crippen molar-refractivity contribution < 1.29 is 19.4 Å². The summed E-state index contributed by atoms with van der Waals surface area (Å²) >= 11 is 0. The van der Waals surface area contributed by atoms with Gasteiger partial charge in [0, 0.05) is 11.8 Å². The summed E-state index contributed by atoms with van der Waals surface area (Å²) in [6.45, 7) is 4.97. The summed E-state index contributed by atoms with van der Waals surface area (Å²) in [6.07, 6.45) is -0.181. The van der Waals surface area contributed by atoms with Crippen molar-refractivity contribution in [3.05, 3.63) is 59.7 Å². The van der Waals surface area contributed by atoms with E-state index in [0.717, 1.165) is 16.9 Å². The Morgan fingerprint density at radius 2 is 1.54 bits per heavy atom. The third kappa shape index (κ3) is 4.65. The van der Waals surface area contributed by atoms with Crippen molar-refractivity contribution in [2.24, 2.45) is 5.73 Å². The third-order valence-electron chi connectivity index (χ3n) is 3.97. The van der Waals surface area contributed by atoms with Crippen LogP contribution in [0.1, 0.15) is 31.4 Å². The monoisotopic (exact) mass is 329 g/mol. The number of hydrogen-bond acceptors (Lipinski definition) is 4. The maximum atomic E-state index is 10.4. The summed E-state index contributed by atoms with van der Waals surface area (Å²) in [4.78, 5) is 10.4. The smallest absolute Gasteiger partial charge is 0.404 e. The van der Waals surface area contributed by atoms with E-state index in [0.29, 0.717) is 13.0 Å². The minimum absolute atomic E-state index is 0.179. The lowest BCUT2D eigenvalue weighted by atomic mass is 9.78. The second-order valence-corrected chi connectivity index (χ2v) is 6.07. The van der Waals surface area contributed by atoms with Crippen LogP contribution in [0.5, 0.6) is 11.5 Å². The first-order valence-electron chi connectivity index (χ1n) is 7.84. The Morgan fingerprint density at radius 3 is 2.08 bits per heavy atom. The molecule has 0 heterocycles. The van der Waals surface area contributed by atoms with Crippen LogP contribution in [0.15, 0.2) is 48.5 Å². The molecule has 0 fully saturated rings. The summed E-state index contributed by atoms with van der Waals surface area (Å²) in [5, 5.41) is 9.43. The number of amides is 1. The van der Waals surface area contributed by atoms with Crippen molar-refractivity contribution >= 4 is 6.09 Å². The molecule has 0 aliphatic heterocycles. The van der Waals surface area contributed by atoms with Crippen LogP contribution in [-0.4, -0.2) is 24.4 Å². The number of benzene rings is 2. The van der Waals surface area contributed by atoms with Gasteiger partial charge in [-0.25, -0.2) is 4.79 Å². The molecule has 128 valence electrons. The standard InChI is InChI=1S/C19H23NO4/c1-19(2,14-4-8-16(21)9-5-14)15-6-10-17(11-7-15)23-12-3-13-24-18(20)22/h4-11,21H,3,12-13H2,1-2H3,(H2,20,22). The van der Waals surface area contributed by atoms with Gasteiger partial charge in [-0.05, 0) is 35.4 Å². The van der Waals surface area contributed by atoms with Gasteiger partial charge < -0.3 is 20.3 Å². The molecule has 3 N–H and O–H groups in total. The van der Waals surface area contributed by atoms with Gasteiger partial charge in [0.15, 0.2) is 0 Å². The van der Waals surface area contributed by atoms with Crippen LogP contribution in [-0.2, 0) is 10.2 Å². The predicted molar refractivity (Wildman–Crippen MR) is 92.3 cm³/mol. The molecule has 0 aromatic heterocycles. The highest BCUT2D eigenvalue weighted by Gasteiger charge is 2.22. The molecule has 2 aromatic carbocycles. The third-order valence-corrected chi connectivity index (χ3v) is 3.97. The van der Waals surface area contributed by atoms with Gasteiger partial charge in [0.25, 0.3) is 0 Å². The van der Waals surface area contributed by atoms with Gasteiger partial charge in [-0.15, -0.1) is 0 Å². The zero-order valence-electron chi connectivity index (χ0n) is 14.0. The lowest BCUT2D eigenvalue weighted by Crippen LogP contribution is -2.18. The molecule has 5 heteroatoms. The van der Waals surface area contributed by atoms with Crippen molar-refractivity contribution in [3.63, 3.8) is 0 Å². The SMILES string of the molecule is CC(C)(c1ccc(O)cc1)c1ccc(OCCCOC(N)=O)cc1. The average Bonchev–Trinajstić information content (AvgIpc) is 2.55. The molecule has 2 aromatic rings. The minimum Gasteiger partial charge on any atom is -0.508 e. The predicted octanol–water partition coefficient (Wildman–Crippen LogP) is 3.58. The molecule has 24 heavy (non-hydrogen) atoms. The van der Waals surface area contributed by atoms with Crippen LogP contribution >= 0.6 is 0 Å². The van der Waals surface area contributed by atoms with E-state index in [1.165, 1.54) is 0 Å². The maximum Gasteiger partial charge on any atom is 0.404 e. The van der Waals surface area contributed by atoms with Crippen molar-refractivity contribution in [2.45, 2.75) is 25.7 Å². The number of primary amides is 1. The van der Waals surface area contributed by atoms with Gasteiger partial charge in [0.1, 0.15) is 11.5 Å². The van der Waals surface area contributed by atoms with Crippen LogP contribution in [0.3, 0.4) is 0 Å². The Hall–Kier alpha value is -2.69. The Bertz CT molecular complexity index is 663. The van der Waals surface area contributed by atoms with Crippen molar-refractivity contribution in [2.75, 3.05) is 13.2 Å². The number of hydrogen-bond donors (Lipinski definition) is 2. The first-order valence-corrected chi connectivity index (χ1v) is 7.84. The molecule has 0 saturated carbocycles. The second-order valence-electron chi connectivity index (χ2n) is 6.07. The Kier molecular flexibility index (Phi) is 5.68. The molecule has 0 saturated heterocycles. The molecule has 2 rings (SSSR count). The van der Waals surface area contributed by atoms with Crippen LogP contribution in [0.4, 0.5) is 4.79 Å². The van der Waals surface area contributed by atoms with Gasteiger partial charge in [-0.1, -0.05) is 38.1 Å². The molecule has 0 aliphatic rings. The molecule has 0 spiro atoms. The Morgan fingerprint density at radius 1 is 1.00 bits per heavy atom. The van der Waals surface area contributed by atoms with E-state index in [9.17, 15) is 9.90 Å². The van der Waals surface area contributed by atoms with Crippen molar-refractivity contribution in [3.8, 4) is 11.5 Å². The second kappa shape index (κ2) is 7.73. The summed E-state index contributed by atoms with van der Waals surface area (Å²) in [6, 6.07) is 15.2. The number of ether oxygens (including phenoxy) is 2. The highest BCUT2D eigenvalue weighted by molar-refractivity contribution is 5.64. The summed E-state index contributed by atoms with van der Waals surface area (Å²) in [5.74, 6) is 1.03. The van der Waals surface area contributed by atoms with E-state index in [1.807, 2.05) is 36.4 Å². The van der Waals surface area contributed by atoms with Crippen LogP contribution in [0.2, 0.25) is 0 Å². The van der Waals surface area contributed by atoms with E-state index in [2.05, 4.69) is 18.6 Å². The number of carbonyl (C=O) groups is 1. The largest absolute Gasteiger partial charge is 0.508 e. The van der Waals surface area contributed by atoms with Gasteiger partial charge in [0.05, 0.1) is 13.2 Å². The topological polar surface area (TPSA) is 81.8 Å². The lowest BCUT2D eigenvalue weighted by molar-refractivity contribution is 0.147. The fraction of sp³-hybridized carbons (Fsp3) is 0.316. The summed E-state index contributed by atoms with van der Waals surface area (Å²) in [7, 11) is 0. The molecule has 0 aliphatic carbocycles. The van der Waals surface area contributed by atoms with E-state index in [1.54, 1.807) is 12.1 Å². The fourth-order valence-corrected chi connectivity index (χ4v) is 2.43. The average molecular weight is 329 g/mol. The molecule has 1 amide bonds. The van der Waals surface area contributed by atoms with Crippen LogP contribution < -0.4 is 10.5 Å². The zero-order valence-corrected chi connectivity index (χ0v) is 14.0. The van der Waals surface area contributed by atoms with Crippen molar-refractivity contribution in [1.29, 1.82) is 0 Å². The van der Waals surface area contributed by atoms with E-state index in [4.69, 9.17) is 10.5 Å². The first-order chi connectivity index (χ1) is 11.4. The molecular weight excluding hydrogens is 306 g/mol. The highest BCUT2D eigenvalue weighted by Crippen LogP contribution is 2.33. The molecule has 0 atom stereocenters. The number of nitrogens with two attached hydrogens (primary N) is 1. The van der Waals surface area contributed by atoms with Crippen LogP contribution in [0.25, 0.3) is 0 Å². The first kappa shape index (κ1) is 17.7. The van der Waals surface area contributed by atoms with Gasteiger partial charge >= 0.3 is 6.09 Å². The van der Waals surface area contributed by atoms with E-state index >= 15 is 0 Å². The number of rotatable bonds is 7. The molecule has 0 radical (unpaired) electrons. The zero-order chi connectivity index (χ0) is 17.6. The fourth-order valence-electron chi connectivity index (χ4n) is 2.43. The van der Waals surface area contributed by atoms with Crippen molar-refractivity contribution in [1.82, 2.24) is 0 Å². The normalized spacial score (nSPS) is 11.1. The van der Waals surface area contributed by atoms with E-state index < -0.39 is 6.09 Å². The Balaban J connectivity index is 1.95. The molecular formula is C19H23NO4. The Labute approximate surface area is 142 Å². The number of phenolic OH excluding ortho intramolecular Hbond substituents is 1. The van der Waals surface area contributed by atoms with Gasteiger partial charge in [-0.3, -0.25) is 0 Å². The van der Waals surface area contributed by atoms with Gasteiger partial charge in [0.2, 0.25) is 0 Å². The molecule has 5 nitrogen and oxygen atoms in total. The minimum atomic E-state index is -0.768. The number of aromatic hydroxyl groups is 1. The van der Waals surface area contributed by atoms with Crippen LogP contribution in [0, 0.1) is 0 Å². The quantitative estimate of drug-likeness (QED) is 0.761. The number of phenols is 1. The maximum absolute atomic E-state index is 10.4. The number of carbonyl (C=O) groups excluding carboxylic acids is 1. The summed E-state index contributed by atoms with van der Waals surface area (Å²) < 4.78 is 10.3. The highest BCUT2D eigenvalue weighted by atomic mass is 16.5. The summed E-state index contributed by atoms with van der Waals surface area (Å²) in [5.41, 5.74) is 6.98. The van der Waals surface area contributed by atoms with E-state index in [-0.39, 0.29) is 17.8 Å². The molecule has 0 bridgehead atoms. The van der Waals surface area contributed by atoms with Gasteiger partial charge in [-0.2, -0.15) is 0 Å². The molecule has 0 unspecified atom stereocenters. The lowest BCUT2D eigenvalue weighted by Gasteiger charge is -2.26.